The average molecular weight is 471 g/mol. The van der Waals surface area contributed by atoms with Crippen molar-refractivity contribution in [3.05, 3.63) is 83.1 Å². The lowest BCUT2D eigenvalue weighted by Gasteiger charge is -2.30. The van der Waals surface area contributed by atoms with Crippen LogP contribution in [-0.4, -0.2) is 26.8 Å². The van der Waals surface area contributed by atoms with Gasteiger partial charge in [-0.3, -0.25) is 4.79 Å². The van der Waals surface area contributed by atoms with Gasteiger partial charge in [-0.25, -0.2) is 0 Å². The van der Waals surface area contributed by atoms with Crippen LogP contribution in [0, 0.1) is 0 Å². The van der Waals surface area contributed by atoms with Crippen molar-refractivity contribution < 1.29 is 23.7 Å². The van der Waals surface area contributed by atoms with Gasteiger partial charge in [0.25, 0.3) is 0 Å². The molecule has 3 aromatic rings. The summed E-state index contributed by atoms with van der Waals surface area (Å²) in [5.41, 5.74) is 5.59. The molecule has 3 aliphatic rings. The number of methoxy groups -OCH3 is 2. The van der Waals surface area contributed by atoms with Crippen LogP contribution in [0.2, 0.25) is 0 Å². The van der Waals surface area contributed by atoms with Gasteiger partial charge in [-0.1, -0.05) is 24.3 Å². The van der Waals surface area contributed by atoms with Crippen molar-refractivity contribution in [2.75, 3.05) is 31.6 Å². The van der Waals surface area contributed by atoms with Crippen molar-refractivity contribution in [2.24, 2.45) is 0 Å². The molecule has 2 atom stereocenters. The molecule has 1 aliphatic carbocycles. The first-order valence-electron chi connectivity index (χ1n) is 11.6. The van der Waals surface area contributed by atoms with Gasteiger partial charge in [-0.05, 0) is 59.9 Å². The van der Waals surface area contributed by atoms with Crippen molar-refractivity contribution in [3.63, 3.8) is 0 Å². The highest BCUT2D eigenvalue weighted by atomic mass is 16.7. The molecule has 7 heteroatoms. The van der Waals surface area contributed by atoms with Gasteiger partial charge in [0.2, 0.25) is 6.79 Å². The zero-order valence-electron chi connectivity index (χ0n) is 19.6. The molecule has 0 spiro atoms. The molecule has 35 heavy (non-hydrogen) atoms. The molecule has 0 aromatic heterocycles. The number of hydrogen-bond donors (Lipinski definition) is 2. The van der Waals surface area contributed by atoms with E-state index in [2.05, 4.69) is 10.6 Å². The van der Waals surface area contributed by atoms with Gasteiger partial charge in [0, 0.05) is 17.7 Å². The third-order valence-corrected chi connectivity index (χ3v) is 6.92. The van der Waals surface area contributed by atoms with Gasteiger partial charge < -0.3 is 29.6 Å². The van der Waals surface area contributed by atoms with Crippen molar-refractivity contribution in [1.82, 2.24) is 0 Å². The van der Waals surface area contributed by atoms with E-state index in [0.29, 0.717) is 30.1 Å². The lowest BCUT2D eigenvalue weighted by Crippen LogP contribution is -2.26. The minimum atomic E-state index is -0.311. The highest BCUT2D eigenvalue weighted by molar-refractivity contribution is 6.01. The zero-order chi connectivity index (χ0) is 23.9. The van der Waals surface area contributed by atoms with Crippen LogP contribution in [0.15, 0.2) is 71.9 Å². The van der Waals surface area contributed by atoms with Crippen molar-refractivity contribution in [1.29, 1.82) is 0 Å². The Hall–Kier alpha value is -4.13. The SMILES string of the molecule is COc1ccc(C2CC(=O)C3=C(C2)Nc2ccccc2NC3c2ccc3c(c2)OCO3)cc1OC. The summed E-state index contributed by atoms with van der Waals surface area (Å²) in [5.74, 6) is 2.89. The third kappa shape index (κ3) is 3.73. The first kappa shape index (κ1) is 21.4. The fourth-order valence-corrected chi connectivity index (χ4v) is 5.18. The minimum Gasteiger partial charge on any atom is -0.493 e. The third-order valence-electron chi connectivity index (χ3n) is 6.92. The lowest BCUT2D eigenvalue weighted by atomic mass is 9.78. The summed E-state index contributed by atoms with van der Waals surface area (Å²) in [5, 5.41) is 7.19. The summed E-state index contributed by atoms with van der Waals surface area (Å²) in [4.78, 5) is 13.8. The molecule has 0 fully saturated rings. The van der Waals surface area contributed by atoms with Gasteiger partial charge in [-0.2, -0.15) is 0 Å². The Labute approximate surface area is 203 Å². The Morgan fingerprint density at radius 3 is 2.43 bits per heavy atom. The second-order valence-corrected chi connectivity index (χ2v) is 8.90. The van der Waals surface area contributed by atoms with Gasteiger partial charge in [0.15, 0.2) is 28.8 Å². The Balaban J connectivity index is 1.42. The van der Waals surface area contributed by atoms with Crippen LogP contribution in [0.5, 0.6) is 23.0 Å². The quantitative estimate of drug-likeness (QED) is 0.528. The number of Topliss-reactive ketones (excluding diaryl/α,β-unsaturated/α-hetero) is 1. The Bertz CT molecular complexity index is 1350. The van der Waals surface area contributed by atoms with E-state index < -0.39 is 0 Å². The average Bonchev–Trinajstić information content (AvgIpc) is 3.29. The number of carbonyl (C=O) groups is 1. The Kier molecular flexibility index (Phi) is 5.25. The fraction of sp³-hybridized carbons (Fsp3) is 0.250. The number of rotatable bonds is 4. The van der Waals surface area contributed by atoms with Crippen LogP contribution >= 0.6 is 0 Å². The first-order valence-corrected chi connectivity index (χ1v) is 11.6. The van der Waals surface area contributed by atoms with Crippen LogP contribution in [0.1, 0.15) is 35.9 Å². The number of carbonyl (C=O) groups excluding carboxylic acids is 1. The monoisotopic (exact) mass is 470 g/mol. The predicted molar refractivity (Wildman–Crippen MR) is 133 cm³/mol. The molecule has 0 saturated carbocycles. The Morgan fingerprint density at radius 2 is 1.60 bits per heavy atom. The molecule has 0 saturated heterocycles. The van der Waals surface area contributed by atoms with Crippen LogP contribution in [0.3, 0.4) is 0 Å². The maximum atomic E-state index is 13.8. The zero-order valence-corrected chi connectivity index (χ0v) is 19.6. The maximum Gasteiger partial charge on any atom is 0.231 e. The molecule has 2 heterocycles. The highest BCUT2D eigenvalue weighted by Crippen LogP contribution is 2.46. The minimum absolute atomic E-state index is 0.0243. The largest absolute Gasteiger partial charge is 0.493 e. The highest BCUT2D eigenvalue weighted by Gasteiger charge is 2.36. The topological polar surface area (TPSA) is 78.1 Å². The number of benzene rings is 3. The number of ketones is 1. The molecule has 2 aliphatic heterocycles. The van der Waals surface area contributed by atoms with E-state index in [-0.39, 0.29) is 24.5 Å². The summed E-state index contributed by atoms with van der Waals surface area (Å²) in [6.07, 6.45) is 1.11. The normalized spacial score (nSPS) is 20.2. The maximum absolute atomic E-state index is 13.8. The van der Waals surface area contributed by atoms with E-state index in [1.807, 2.05) is 60.7 Å². The van der Waals surface area contributed by atoms with Gasteiger partial charge in [0.05, 0.1) is 31.6 Å². The second kappa shape index (κ2) is 8.58. The summed E-state index contributed by atoms with van der Waals surface area (Å²) in [6, 6.07) is 19.5. The molecular formula is C28H26N2O5. The van der Waals surface area contributed by atoms with E-state index in [0.717, 1.165) is 39.5 Å². The van der Waals surface area contributed by atoms with Crippen LogP contribution in [0.25, 0.3) is 0 Å². The standard InChI is InChI=1S/C28H26N2O5/c1-32-23-9-7-16(13-25(23)33-2)18-11-21-27(22(31)12-18)28(30-20-6-4-3-5-19(20)29-21)17-8-10-24-26(14-17)35-15-34-24/h3-10,13-14,18,28-30H,11-12,15H2,1-2H3. The fourth-order valence-electron chi connectivity index (χ4n) is 5.18. The van der Waals surface area contributed by atoms with Gasteiger partial charge in [0.1, 0.15) is 0 Å². The number of ether oxygens (including phenoxy) is 4. The number of allylic oxidation sites excluding steroid dienone is 1. The number of anilines is 2. The van der Waals surface area contributed by atoms with E-state index in [4.69, 9.17) is 18.9 Å². The van der Waals surface area contributed by atoms with E-state index >= 15 is 0 Å². The van der Waals surface area contributed by atoms with Crippen LogP contribution in [0.4, 0.5) is 11.4 Å². The first-order chi connectivity index (χ1) is 17.1. The number of fused-ring (bicyclic) bond motifs is 2. The van der Waals surface area contributed by atoms with Crippen LogP contribution < -0.4 is 29.6 Å². The molecule has 178 valence electrons. The summed E-state index contributed by atoms with van der Waals surface area (Å²) in [6.45, 7) is 0.209. The van der Waals surface area contributed by atoms with Crippen molar-refractivity contribution >= 4 is 17.2 Å². The number of nitrogens with one attached hydrogen (secondary N) is 2. The molecular weight excluding hydrogens is 444 g/mol. The summed E-state index contributed by atoms with van der Waals surface area (Å²) in [7, 11) is 3.24. The molecule has 6 rings (SSSR count). The Morgan fingerprint density at radius 1 is 0.829 bits per heavy atom. The predicted octanol–water partition coefficient (Wildman–Crippen LogP) is 5.41. The summed E-state index contributed by atoms with van der Waals surface area (Å²) >= 11 is 0. The molecule has 0 amide bonds. The van der Waals surface area contributed by atoms with Crippen molar-refractivity contribution in [2.45, 2.75) is 24.8 Å². The second-order valence-electron chi connectivity index (χ2n) is 8.90. The van der Waals surface area contributed by atoms with Crippen LogP contribution in [-0.2, 0) is 4.79 Å². The van der Waals surface area contributed by atoms with Gasteiger partial charge in [-0.15, -0.1) is 0 Å². The van der Waals surface area contributed by atoms with E-state index in [1.54, 1.807) is 14.2 Å². The number of para-hydroxylation sites is 2. The molecule has 2 N–H and O–H groups in total. The molecule has 0 bridgehead atoms. The molecule has 3 aromatic carbocycles. The van der Waals surface area contributed by atoms with Crippen molar-refractivity contribution in [3.8, 4) is 23.0 Å². The lowest BCUT2D eigenvalue weighted by molar-refractivity contribution is -0.116. The van der Waals surface area contributed by atoms with Gasteiger partial charge >= 0.3 is 0 Å². The van der Waals surface area contributed by atoms with E-state index in [1.165, 1.54) is 0 Å². The molecule has 0 radical (unpaired) electrons. The smallest absolute Gasteiger partial charge is 0.231 e. The summed E-state index contributed by atoms with van der Waals surface area (Å²) < 4.78 is 22.0. The number of hydrogen-bond acceptors (Lipinski definition) is 7. The van der Waals surface area contributed by atoms with E-state index in [9.17, 15) is 4.79 Å². The molecule has 7 nitrogen and oxygen atoms in total. The molecule has 2 unspecified atom stereocenters.